The number of pyridine rings is 1. The molecule has 1 saturated carbocycles. The lowest BCUT2D eigenvalue weighted by Gasteiger charge is -2.11. The molecule has 1 aliphatic carbocycles. The molecule has 8 heteroatoms. The Bertz CT molecular complexity index is 1100. The highest BCUT2D eigenvalue weighted by atomic mass is 16.7. The summed E-state index contributed by atoms with van der Waals surface area (Å²) in [5.74, 6) is 1.30. The number of amides is 1. The number of nitrogens with one attached hydrogen (secondary N) is 1. The third-order valence-electron chi connectivity index (χ3n) is 5.07. The Morgan fingerprint density at radius 1 is 1.21 bits per heavy atom. The molecule has 0 radical (unpaired) electrons. The highest BCUT2D eigenvalue weighted by Gasteiger charge is 2.30. The molecule has 3 heterocycles. The Kier molecular flexibility index (Phi) is 3.68. The third kappa shape index (κ3) is 2.72. The van der Waals surface area contributed by atoms with Crippen molar-refractivity contribution >= 4 is 28.4 Å². The summed E-state index contributed by atoms with van der Waals surface area (Å²) in [4.78, 5) is 17.8. The van der Waals surface area contributed by atoms with Gasteiger partial charge in [0, 0.05) is 23.7 Å². The van der Waals surface area contributed by atoms with Gasteiger partial charge in [0.25, 0.3) is 11.6 Å². The molecule has 0 bridgehead atoms. The fourth-order valence-corrected chi connectivity index (χ4v) is 3.41. The summed E-state index contributed by atoms with van der Waals surface area (Å²) in [6, 6.07) is 5.17. The van der Waals surface area contributed by atoms with E-state index in [-0.39, 0.29) is 18.6 Å². The van der Waals surface area contributed by atoms with Crippen LogP contribution in [0.4, 0.5) is 11.4 Å². The molecular formula is C20H20N4O4. The summed E-state index contributed by atoms with van der Waals surface area (Å²) in [5.41, 5.74) is 9.43. The van der Waals surface area contributed by atoms with Gasteiger partial charge in [0.05, 0.1) is 28.0 Å². The number of carbonyl (C=O) groups excluding carboxylic acids is 1. The SMILES string of the molecule is CC(C)c1noc2nc(C3CC3)cc(C(=O)Nc3cc4c(cc3N)OCO4)c12. The van der Waals surface area contributed by atoms with Gasteiger partial charge in [0.2, 0.25) is 6.79 Å². The Labute approximate surface area is 161 Å². The smallest absolute Gasteiger partial charge is 0.259 e. The maximum atomic E-state index is 13.2. The minimum absolute atomic E-state index is 0.0944. The van der Waals surface area contributed by atoms with Crippen LogP contribution in [0.5, 0.6) is 11.5 Å². The molecule has 2 aromatic heterocycles. The Morgan fingerprint density at radius 2 is 1.96 bits per heavy atom. The lowest BCUT2D eigenvalue weighted by atomic mass is 10.0. The molecule has 3 N–H and O–H groups in total. The molecule has 1 aromatic carbocycles. The molecule has 1 fully saturated rings. The Balaban J connectivity index is 1.58. The van der Waals surface area contributed by atoms with Crippen LogP contribution >= 0.6 is 0 Å². The first-order valence-electron chi connectivity index (χ1n) is 9.32. The second kappa shape index (κ2) is 6.12. The highest BCUT2D eigenvalue weighted by molar-refractivity contribution is 6.13. The van der Waals surface area contributed by atoms with Gasteiger partial charge in [-0.2, -0.15) is 0 Å². The molecule has 0 saturated heterocycles. The average molecular weight is 380 g/mol. The van der Waals surface area contributed by atoms with Crippen LogP contribution in [0.3, 0.4) is 0 Å². The normalized spacial score (nSPS) is 15.4. The van der Waals surface area contributed by atoms with Crippen LogP contribution in [0.1, 0.15) is 60.3 Å². The summed E-state index contributed by atoms with van der Waals surface area (Å²) in [6.45, 7) is 4.15. The summed E-state index contributed by atoms with van der Waals surface area (Å²) in [7, 11) is 0. The van der Waals surface area contributed by atoms with Gasteiger partial charge < -0.3 is 25.0 Å². The van der Waals surface area contributed by atoms with Gasteiger partial charge in [-0.25, -0.2) is 4.98 Å². The van der Waals surface area contributed by atoms with Crippen molar-refractivity contribution in [1.29, 1.82) is 0 Å². The van der Waals surface area contributed by atoms with Crippen LogP contribution in [-0.4, -0.2) is 22.8 Å². The largest absolute Gasteiger partial charge is 0.454 e. The molecule has 28 heavy (non-hydrogen) atoms. The average Bonchev–Trinajstić information content (AvgIpc) is 3.27. The van der Waals surface area contributed by atoms with Crippen LogP contribution < -0.4 is 20.5 Å². The van der Waals surface area contributed by atoms with Gasteiger partial charge in [-0.3, -0.25) is 4.79 Å². The quantitative estimate of drug-likeness (QED) is 0.662. The Hall–Kier alpha value is -3.29. The maximum Gasteiger partial charge on any atom is 0.259 e. The maximum absolute atomic E-state index is 13.2. The molecule has 1 amide bonds. The number of hydrogen-bond donors (Lipinski definition) is 2. The third-order valence-corrected chi connectivity index (χ3v) is 5.07. The standard InChI is InChI=1S/C20H20N4O4/c1-9(2)18-17-11(5-13(10-3-4-10)23-20(17)28-24-18)19(25)22-14-7-16-15(6-12(14)21)26-8-27-16/h5-7,9-10H,3-4,8,21H2,1-2H3,(H,22,25). The molecule has 5 rings (SSSR count). The van der Waals surface area contributed by atoms with E-state index in [1.807, 2.05) is 19.9 Å². The zero-order valence-corrected chi connectivity index (χ0v) is 15.6. The molecular weight excluding hydrogens is 360 g/mol. The van der Waals surface area contributed by atoms with E-state index in [1.165, 1.54) is 0 Å². The van der Waals surface area contributed by atoms with E-state index in [2.05, 4.69) is 15.5 Å². The summed E-state index contributed by atoms with van der Waals surface area (Å²) in [5, 5.41) is 7.70. The van der Waals surface area contributed by atoms with Crippen molar-refractivity contribution in [3.8, 4) is 11.5 Å². The van der Waals surface area contributed by atoms with Gasteiger partial charge >= 0.3 is 0 Å². The second-order valence-corrected chi connectivity index (χ2v) is 7.52. The minimum Gasteiger partial charge on any atom is -0.454 e. The summed E-state index contributed by atoms with van der Waals surface area (Å²) < 4.78 is 16.2. The van der Waals surface area contributed by atoms with Crippen LogP contribution in [-0.2, 0) is 0 Å². The molecule has 2 aliphatic rings. The monoisotopic (exact) mass is 380 g/mol. The number of anilines is 2. The first-order valence-corrected chi connectivity index (χ1v) is 9.32. The zero-order valence-electron chi connectivity index (χ0n) is 15.6. The number of carbonyl (C=O) groups is 1. The lowest BCUT2D eigenvalue weighted by Crippen LogP contribution is -2.15. The van der Waals surface area contributed by atoms with E-state index >= 15 is 0 Å². The van der Waals surface area contributed by atoms with Crippen molar-refractivity contribution in [2.24, 2.45) is 0 Å². The van der Waals surface area contributed by atoms with Crippen LogP contribution in [0, 0.1) is 0 Å². The van der Waals surface area contributed by atoms with Crippen molar-refractivity contribution in [2.45, 2.75) is 38.5 Å². The van der Waals surface area contributed by atoms with Crippen molar-refractivity contribution in [3.63, 3.8) is 0 Å². The molecule has 0 spiro atoms. The van der Waals surface area contributed by atoms with E-state index in [4.69, 9.17) is 19.7 Å². The predicted octanol–water partition coefficient (Wildman–Crippen LogP) is 3.79. The van der Waals surface area contributed by atoms with E-state index < -0.39 is 0 Å². The fraction of sp³-hybridized carbons (Fsp3) is 0.350. The number of fused-ring (bicyclic) bond motifs is 2. The van der Waals surface area contributed by atoms with Crippen molar-refractivity contribution in [3.05, 3.63) is 35.2 Å². The van der Waals surface area contributed by atoms with Gasteiger partial charge in [0.1, 0.15) is 0 Å². The first-order chi connectivity index (χ1) is 13.5. The van der Waals surface area contributed by atoms with Gasteiger partial charge in [-0.1, -0.05) is 19.0 Å². The highest BCUT2D eigenvalue weighted by Crippen LogP contribution is 2.42. The number of aromatic nitrogens is 2. The lowest BCUT2D eigenvalue weighted by molar-refractivity contribution is 0.102. The van der Waals surface area contributed by atoms with Crippen molar-refractivity contribution in [1.82, 2.24) is 10.1 Å². The zero-order chi connectivity index (χ0) is 19.4. The molecule has 144 valence electrons. The van der Waals surface area contributed by atoms with E-state index in [0.717, 1.165) is 18.5 Å². The van der Waals surface area contributed by atoms with Gasteiger partial charge in [-0.15, -0.1) is 0 Å². The first kappa shape index (κ1) is 16.9. The molecule has 3 aromatic rings. The van der Waals surface area contributed by atoms with Crippen LogP contribution in [0.15, 0.2) is 22.7 Å². The van der Waals surface area contributed by atoms with Gasteiger partial charge in [0.15, 0.2) is 11.5 Å². The van der Waals surface area contributed by atoms with Crippen LogP contribution in [0.25, 0.3) is 11.1 Å². The topological polar surface area (TPSA) is 112 Å². The van der Waals surface area contributed by atoms with E-state index in [9.17, 15) is 4.79 Å². The Morgan fingerprint density at radius 3 is 2.68 bits per heavy atom. The summed E-state index contributed by atoms with van der Waals surface area (Å²) in [6.07, 6.45) is 2.14. The number of benzene rings is 1. The molecule has 0 unspecified atom stereocenters. The van der Waals surface area contributed by atoms with E-state index in [1.54, 1.807) is 12.1 Å². The van der Waals surface area contributed by atoms with Gasteiger partial charge in [-0.05, 0) is 24.8 Å². The predicted molar refractivity (Wildman–Crippen MR) is 103 cm³/mol. The molecule has 8 nitrogen and oxygen atoms in total. The van der Waals surface area contributed by atoms with E-state index in [0.29, 0.717) is 51.1 Å². The number of nitrogens with two attached hydrogens (primary N) is 1. The van der Waals surface area contributed by atoms with Crippen molar-refractivity contribution < 1.29 is 18.8 Å². The molecule has 1 aliphatic heterocycles. The second-order valence-electron chi connectivity index (χ2n) is 7.52. The fourth-order valence-electron chi connectivity index (χ4n) is 3.41. The molecule has 0 atom stereocenters. The minimum atomic E-state index is -0.287. The van der Waals surface area contributed by atoms with Crippen molar-refractivity contribution in [2.75, 3.05) is 17.8 Å². The number of hydrogen-bond acceptors (Lipinski definition) is 7. The number of ether oxygens (including phenoxy) is 2. The summed E-state index contributed by atoms with van der Waals surface area (Å²) >= 11 is 0. The number of nitrogen functional groups attached to an aromatic ring is 1. The number of nitrogens with zero attached hydrogens (tertiary/aromatic N) is 2. The number of rotatable bonds is 4. The van der Waals surface area contributed by atoms with Crippen LogP contribution in [0.2, 0.25) is 0 Å².